The van der Waals surface area contributed by atoms with Gasteiger partial charge in [-0.15, -0.1) is 0 Å². The molecule has 0 saturated carbocycles. The van der Waals surface area contributed by atoms with E-state index in [0.717, 1.165) is 0 Å². The normalized spacial score (nSPS) is 9.79. The van der Waals surface area contributed by atoms with Crippen LogP contribution in [0.3, 0.4) is 0 Å². The smallest absolute Gasteiger partial charge is 0.315 e. The van der Waals surface area contributed by atoms with Gasteiger partial charge >= 0.3 is 12.0 Å². The van der Waals surface area contributed by atoms with Gasteiger partial charge in [0.2, 0.25) is 0 Å². The maximum absolute atomic E-state index is 13.5. The Kier molecular flexibility index (Phi) is 5.59. The van der Waals surface area contributed by atoms with Gasteiger partial charge in [-0.1, -0.05) is 6.07 Å². The Balaban J connectivity index is 2.39. The first kappa shape index (κ1) is 14.7. The van der Waals surface area contributed by atoms with Gasteiger partial charge in [0.25, 0.3) is 0 Å². The first-order valence-electron chi connectivity index (χ1n) is 5.59. The average molecular weight is 270 g/mol. The number of carboxylic acids is 1. The Morgan fingerprint density at radius 3 is 2.68 bits per heavy atom. The molecule has 0 aliphatic heterocycles. The van der Waals surface area contributed by atoms with Gasteiger partial charge in [0.1, 0.15) is 11.6 Å². The molecule has 0 heterocycles. The summed E-state index contributed by atoms with van der Waals surface area (Å²) >= 11 is 0. The van der Waals surface area contributed by atoms with Crippen molar-refractivity contribution in [2.75, 3.05) is 13.7 Å². The van der Waals surface area contributed by atoms with Gasteiger partial charge < -0.3 is 20.5 Å². The van der Waals surface area contributed by atoms with E-state index in [1.165, 1.54) is 19.2 Å². The zero-order valence-corrected chi connectivity index (χ0v) is 10.4. The van der Waals surface area contributed by atoms with E-state index in [0.29, 0.717) is 11.3 Å². The Morgan fingerprint density at radius 2 is 2.11 bits per heavy atom. The Hall–Kier alpha value is -2.31. The molecule has 0 spiro atoms. The summed E-state index contributed by atoms with van der Waals surface area (Å²) in [5.74, 6) is -1.08. The van der Waals surface area contributed by atoms with Crippen LogP contribution in [0.5, 0.6) is 5.75 Å². The molecule has 0 atom stereocenters. The van der Waals surface area contributed by atoms with Gasteiger partial charge in [-0.25, -0.2) is 9.18 Å². The number of benzene rings is 1. The molecule has 3 N–H and O–H groups in total. The first-order valence-corrected chi connectivity index (χ1v) is 5.59. The van der Waals surface area contributed by atoms with E-state index >= 15 is 0 Å². The molecule has 0 saturated heterocycles. The van der Waals surface area contributed by atoms with Crippen molar-refractivity contribution in [1.29, 1.82) is 0 Å². The zero-order chi connectivity index (χ0) is 14.3. The molecule has 2 amide bonds. The number of hydrogen-bond acceptors (Lipinski definition) is 3. The third kappa shape index (κ3) is 5.24. The SMILES string of the molecule is COc1ccc(CNC(=O)NCCC(=O)O)c(F)c1. The fourth-order valence-electron chi connectivity index (χ4n) is 1.32. The molecule has 0 radical (unpaired) electrons. The number of halogens is 1. The first-order chi connectivity index (χ1) is 9.02. The summed E-state index contributed by atoms with van der Waals surface area (Å²) in [6.45, 7) is 0.0288. The molecule has 104 valence electrons. The Labute approximate surface area is 109 Å². The highest BCUT2D eigenvalue weighted by atomic mass is 19.1. The highest BCUT2D eigenvalue weighted by molar-refractivity contribution is 5.74. The molecular weight excluding hydrogens is 255 g/mol. The standard InChI is InChI=1S/C12H15FN2O4/c1-19-9-3-2-8(10(13)6-9)7-15-12(18)14-5-4-11(16)17/h2-3,6H,4-5,7H2,1H3,(H,16,17)(H2,14,15,18). The minimum absolute atomic E-state index is 0.00866. The van der Waals surface area contributed by atoms with Crippen LogP contribution in [0.2, 0.25) is 0 Å². The number of methoxy groups -OCH3 is 1. The van der Waals surface area contributed by atoms with Crippen molar-refractivity contribution < 1.29 is 23.8 Å². The molecule has 0 aliphatic rings. The molecule has 0 fully saturated rings. The molecule has 6 nitrogen and oxygen atoms in total. The van der Waals surface area contributed by atoms with Crippen LogP contribution in [0, 0.1) is 5.82 Å². The van der Waals surface area contributed by atoms with Gasteiger partial charge in [0, 0.05) is 24.7 Å². The number of hydrogen-bond donors (Lipinski definition) is 3. The van der Waals surface area contributed by atoms with Gasteiger partial charge in [-0.3, -0.25) is 4.79 Å². The number of aliphatic carboxylic acids is 1. The molecule has 0 aromatic heterocycles. The molecule has 19 heavy (non-hydrogen) atoms. The van der Waals surface area contributed by atoms with Crippen molar-refractivity contribution in [3.63, 3.8) is 0 Å². The van der Waals surface area contributed by atoms with Crippen molar-refractivity contribution in [1.82, 2.24) is 10.6 Å². The van der Waals surface area contributed by atoms with Gasteiger partial charge in [-0.2, -0.15) is 0 Å². The van der Waals surface area contributed by atoms with Crippen molar-refractivity contribution in [3.05, 3.63) is 29.6 Å². The van der Waals surface area contributed by atoms with Gasteiger partial charge in [0.15, 0.2) is 0 Å². The lowest BCUT2D eigenvalue weighted by Gasteiger charge is -2.08. The summed E-state index contributed by atoms with van der Waals surface area (Å²) in [6, 6.07) is 3.77. The van der Waals surface area contributed by atoms with Crippen LogP contribution in [-0.2, 0) is 11.3 Å². The van der Waals surface area contributed by atoms with E-state index in [4.69, 9.17) is 9.84 Å². The van der Waals surface area contributed by atoms with Gasteiger partial charge in [0.05, 0.1) is 13.5 Å². The second kappa shape index (κ2) is 7.20. The Morgan fingerprint density at radius 1 is 1.37 bits per heavy atom. The van der Waals surface area contributed by atoms with E-state index in [1.54, 1.807) is 6.07 Å². The summed E-state index contributed by atoms with van der Waals surface area (Å²) in [5.41, 5.74) is 0.314. The van der Waals surface area contributed by atoms with Crippen LogP contribution in [0.1, 0.15) is 12.0 Å². The number of carbonyl (C=O) groups is 2. The molecule has 1 rings (SSSR count). The molecule has 1 aromatic carbocycles. The predicted octanol–water partition coefficient (Wildman–Crippen LogP) is 1.11. The van der Waals surface area contributed by atoms with E-state index in [9.17, 15) is 14.0 Å². The van der Waals surface area contributed by atoms with Crippen LogP contribution in [-0.4, -0.2) is 30.8 Å². The largest absolute Gasteiger partial charge is 0.497 e. The summed E-state index contributed by atoms with van der Waals surface area (Å²) in [5, 5.41) is 13.2. The minimum atomic E-state index is -0.999. The van der Waals surface area contributed by atoms with Crippen LogP contribution in [0.4, 0.5) is 9.18 Å². The molecule has 0 aliphatic carbocycles. The summed E-state index contributed by atoms with van der Waals surface area (Å²) in [4.78, 5) is 21.5. The van der Waals surface area contributed by atoms with Crippen LogP contribution < -0.4 is 15.4 Å². The molecular formula is C12H15FN2O4. The fourth-order valence-corrected chi connectivity index (χ4v) is 1.32. The van der Waals surface area contributed by atoms with E-state index < -0.39 is 17.8 Å². The number of carbonyl (C=O) groups excluding carboxylic acids is 1. The number of urea groups is 1. The highest BCUT2D eigenvalue weighted by Gasteiger charge is 2.06. The number of carboxylic acid groups (broad SMARTS) is 1. The predicted molar refractivity (Wildman–Crippen MR) is 65.4 cm³/mol. The lowest BCUT2D eigenvalue weighted by Crippen LogP contribution is -2.36. The van der Waals surface area contributed by atoms with E-state index in [1.807, 2.05) is 0 Å². The second-order valence-electron chi connectivity index (χ2n) is 3.71. The maximum atomic E-state index is 13.5. The number of amides is 2. The zero-order valence-electron chi connectivity index (χ0n) is 10.4. The minimum Gasteiger partial charge on any atom is -0.497 e. The van der Waals surface area contributed by atoms with Gasteiger partial charge in [-0.05, 0) is 6.07 Å². The van der Waals surface area contributed by atoms with E-state index in [2.05, 4.69) is 10.6 Å². The van der Waals surface area contributed by atoms with E-state index in [-0.39, 0.29) is 19.5 Å². The molecule has 1 aromatic rings. The highest BCUT2D eigenvalue weighted by Crippen LogP contribution is 2.15. The molecule has 0 unspecified atom stereocenters. The lowest BCUT2D eigenvalue weighted by atomic mass is 10.2. The van der Waals surface area contributed by atoms with Crippen LogP contribution in [0.25, 0.3) is 0 Å². The Bertz CT molecular complexity index is 465. The fraction of sp³-hybridized carbons (Fsp3) is 0.333. The van der Waals surface area contributed by atoms with Crippen LogP contribution in [0.15, 0.2) is 18.2 Å². The number of ether oxygens (including phenoxy) is 1. The topological polar surface area (TPSA) is 87.7 Å². The van der Waals surface area contributed by atoms with Crippen molar-refractivity contribution in [2.24, 2.45) is 0 Å². The number of rotatable bonds is 6. The quantitative estimate of drug-likeness (QED) is 0.722. The summed E-state index contributed by atoms with van der Waals surface area (Å²) in [6.07, 6.45) is -0.162. The van der Waals surface area contributed by atoms with Crippen LogP contribution >= 0.6 is 0 Å². The monoisotopic (exact) mass is 270 g/mol. The number of nitrogens with one attached hydrogen (secondary N) is 2. The van der Waals surface area contributed by atoms with Crippen molar-refractivity contribution in [2.45, 2.75) is 13.0 Å². The summed E-state index contributed by atoms with van der Waals surface area (Å²) in [7, 11) is 1.43. The maximum Gasteiger partial charge on any atom is 0.315 e. The molecule has 7 heteroatoms. The van der Waals surface area contributed by atoms with Crippen molar-refractivity contribution >= 4 is 12.0 Å². The molecule has 0 bridgehead atoms. The lowest BCUT2D eigenvalue weighted by molar-refractivity contribution is -0.136. The second-order valence-corrected chi connectivity index (χ2v) is 3.71. The third-order valence-corrected chi connectivity index (χ3v) is 2.32. The summed E-state index contributed by atoms with van der Waals surface area (Å²) < 4.78 is 18.4. The van der Waals surface area contributed by atoms with Crippen molar-refractivity contribution in [3.8, 4) is 5.75 Å². The third-order valence-electron chi connectivity index (χ3n) is 2.32. The average Bonchev–Trinajstić information content (AvgIpc) is 2.36.